The molecule has 0 aliphatic heterocycles. The van der Waals surface area contributed by atoms with E-state index in [-0.39, 0.29) is 127 Å². The summed E-state index contributed by atoms with van der Waals surface area (Å²) in [7, 11) is 0. The van der Waals surface area contributed by atoms with Crippen molar-refractivity contribution < 1.29 is 110 Å². The van der Waals surface area contributed by atoms with Gasteiger partial charge in [-0.2, -0.15) is 0 Å². The van der Waals surface area contributed by atoms with Crippen molar-refractivity contribution in [2.75, 3.05) is 0 Å². The first kappa shape index (κ1) is 69.3. The van der Waals surface area contributed by atoms with Crippen molar-refractivity contribution in [1.29, 1.82) is 0 Å². The fourth-order valence-electron chi connectivity index (χ4n) is 0. The van der Waals surface area contributed by atoms with E-state index in [9.17, 15) is 0 Å². The average molecular weight is 543 g/mol. The minimum absolute atomic E-state index is 0. The maximum Gasteiger partial charge on any atom is 0.187 e. The third-order valence-electron chi connectivity index (χ3n) is 0. The van der Waals surface area contributed by atoms with Gasteiger partial charge in [-0.05, 0) is 0 Å². The summed E-state index contributed by atoms with van der Waals surface area (Å²) in [5, 5.41) is 0. The first-order valence-electron chi connectivity index (χ1n) is 0. The molecule has 54 valence electrons. The van der Waals surface area contributed by atoms with Crippen LogP contribution in [-0.2, 0) is 110 Å². The molecule has 0 amide bonds. The first-order chi connectivity index (χ1) is 0. The van der Waals surface area contributed by atoms with E-state index in [1.165, 1.54) is 0 Å². The summed E-state index contributed by atoms with van der Waals surface area (Å²) in [4.78, 5) is 0. The minimum atomic E-state index is 0. The van der Waals surface area contributed by atoms with Gasteiger partial charge < -0.3 is 0 Å². The molecule has 0 aliphatic carbocycles. The number of rotatable bonds is 0. The number of hydrogen-bond acceptors (Lipinski definition) is 0. The topological polar surface area (TPSA) is 0 Å². The Morgan fingerprint density at radius 3 is 1.00 bits per heavy atom. The monoisotopic (exact) mass is 544 g/mol. The summed E-state index contributed by atoms with van der Waals surface area (Å²) in [5.41, 5.74) is 0. The van der Waals surface area contributed by atoms with Gasteiger partial charge in [-0.3, -0.25) is 0 Å². The molecule has 0 aromatic heterocycles. The van der Waals surface area contributed by atoms with E-state index in [1.54, 1.807) is 0 Å². The second kappa shape index (κ2) is 51.0. The van der Waals surface area contributed by atoms with Crippen molar-refractivity contribution in [2.24, 2.45) is 0 Å². The largest absolute Gasteiger partial charge is 0.187 e. The third-order valence-corrected chi connectivity index (χ3v) is 0. The van der Waals surface area contributed by atoms with Crippen LogP contribution in [0.5, 0.6) is 0 Å². The Hall–Kier alpha value is 3.96. The van der Waals surface area contributed by atoms with Crippen molar-refractivity contribution in [3.63, 3.8) is 0 Å². The predicted octanol–water partition coefficient (Wildman–Crippen LogP) is -1.20. The van der Waals surface area contributed by atoms with Crippen LogP contribution in [0.4, 0.5) is 0 Å². The Labute approximate surface area is 125 Å². The van der Waals surface area contributed by atoms with E-state index in [4.69, 9.17) is 0 Å². The van der Waals surface area contributed by atoms with Crippen LogP contribution in [-0.4, -0.2) is 17.4 Å². The third kappa shape index (κ3) is 40.2. The average Bonchev–Trinajstić information content (AvgIpc) is 0. The molecule has 0 aromatic rings. The summed E-state index contributed by atoms with van der Waals surface area (Å²) in [5.74, 6) is 0. The van der Waals surface area contributed by atoms with Crippen molar-refractivity contribution in [3.05, 3.63) is 0 Å². The molecule has 2 radical (unpaired) electrons. The van der Waals surface area contributed by atoms with Gasteiger partial charge in [-0.25, -0.2) is 0 Å². The van der Waals surface area contributed by atoms with E-state index < -0.39 is 0 Å². The molecule has 0 saturated carbocycles. The van der Waals surface area contributed by atoms with E-state index in [2.05, 4.69) is 0 Å². The molecule has 7 heavy (non-hydrogen) atoms. The standard InChI is InChI=1S/Al.Cu.Fe.Mn.Mo.Ni.W.3H. The maximum atomic E-state index is 0. The molecule has 0 bridgehead atoms. The smallest absolute Gasteiger partial charge is 0 e. The minimum Gasteiger partial charge on any atom is 0 e. The van der Waals surface area contributed by atoms with Crippen molar-refractivity contribution in [3.8, 4) is 0 Å². The van der Waals surface area contributed by atoms with Crippen LogP contribution in [0.2, 0.25) is 0 Å². The zero-order valence-corrected chi connectivity index (χ0v) is 11.3. The van der Waals surface area contributed by atoms with Gasteiger partial charge in [0.1, 0.15) is 0 Å². The van der Waals surface area contributed by atoms with Crippen LogP contribution in [0.1, 0.15) is 0 Å². The number of hydrogen-bond donors (Lipinski definition) is 0. The van der Waals surface area contributed by atoms with Gasteiger partial charge in [-0.15, -0.1) is 0 Å². The molecule has 0 saturated heterocycles. The van der Waals surface area contributed by atoms with Gasteiger partial charge in [0.15, 0.2) is 17.4 Å². The maximum absolute atomic E-state index is 0. The van der Waals surface area contributed by atoms with Crippen molar-refractivity contribution in [1.82, 2.24) is 0 Å². The summed E-state index contributed by atoms with van der Waals surface area (Å²) < 4.78 is 0. The molecule has 0 atom stereocenters. The van der Waals surface area contributed by atoms with E-state index >= 15 is 0 Å². The Kier molecular flexibility index (Phi) is 505. The van der Waals surface area contributed by atoms with E-state index in [0.29, 0.717) is 0 Å². The van der Waals surface area contributed by atoms with Gasteiger partial charge in [-0.1, -0.05) is 0 Å². The SMILES string of the molecule is [AlH3].[Cu].[Fe].[Mn].[Mo].[Ni].[W]. The zero-order chi connectivity index (χ0) is 0. The molecule has 0 rings (SSSR count). The molecule has 0 spiro atoms. The van der Waals surface area contributed by atoms with Gasteiger partial charge in [0.2, 0.25) is 0 Å². The Bertz CT molecular complexity index is 19.7. The van der Waals surface area contributed by atoms with Crippen LogP contribution in [0.3, 0.4) is 0 Å². The molecule has 0 unspecified atom stereocenters. The normalized spacial score (nSPS) is 0. The Balaban J connectivity index is 0. The van der Waals surface area contributed by atoms with Crippen LogP contribution >= 0.6 is 0 Å². The second-order valence-corrected chi connectivity index (χ2v) is 0. The zero-order valence-electron chi connectivity index (χ0n) is 2.17. The fraction of sp³-hybridized carbons (Fsp3) is 0. The fourth-order valence-corrected chi connectivity index (χ4v) is 0. The molecule has 0 nitrogen and oxygen atoms in total. The molecule has 0 aromatic carbocycles. The molecule has 0 aliphatic rings. The molecule has 0 heterocycles. The molecule has 0 N–H and O–H groups in total. The van der Waals surface area contributed by atoms with Crippen LogP contribution in [0, 0.1) is 0 Å². The summed E-state index contributed by atoms with van der Waals surface area (Å²) in [6.07, 6.45) is 0. The van der Waals surface area contributed by atoms with E-state index in [0.717, 1.165) is 0 Å². The summed E-state index contributed by atoms with van der Waals surface area (Å²) in [6, 6.07) is 0. The molecule has 0 fully saturated rings. The van der Waals surface area contributed by atoms with Gasteiger partial charge in [0.05, 0.1) is 0 Å². The first-order valence-corrected chi connectivity index (χ1v) is 0. The Morgan fingerprint density at radius 2 is 1.00 bits per heavy atom. The predicted molar refractivity (Wildman–Crippen MR) is 9.94 cm³/mol. The Morgan fingerprint density at radius 1 is 1.00 bits per heavy atom. The summed E-state index contributed by atoms with van der Waals surface area (Å²) in [6.45, 7) is 0. The van der Waals surface area contributed by atoms with Gasteiger partial charge in [0, 0.05) is 110 Å². The van der Waals surface area contributed by atoms with Crippen LogP contribution in [0.15, 0.2) is 0 Å². The van der Waals surface area contributed by atoms with Crippen molar-refractivity contribution in [2.45, 2.75) is 0 Å². The van der Waals surface area contributed by atoms with Crippen molar-refractivity contribution >= 4 is 17.4 Å². The van der Waals surface area contributed by atoms with Crippen LogP contribution < -0.4 is 0 Å². The van der Waals surface area contributed by atoms with Crippen LogP contribution in [0.25, 0.3) is 0 Å². The summed E-state index contributed by atoms with van der Waals surface area (Å²) >= 11 is 0. The quantitative estimate of drug-likeness (QED) is 0.338. The molecule has 7 heteroatoms. The molecular weight excluding hydrogens is 540 g/mol. The van der Waals surface area contributed by atoms with E-state index in [1.807, 2.05) is 0 Å². The van der Waals surface area contributed by atoms with Gasteiger partial charge in [0.25, 0.3) is 0 Å². The molecular formula is H3AlCuFeMnMoNiW. The second-order valence-electron chi connectivity index (χ2n) is 0. The van der Waals surface area contributed by atoms with Gasteiger partial charge >= 0.3 is 0 Å².